The van der Waals surface area contributed by atoms with Crippen LogP contribution in [0.3, 0.4) is 0 Å². The Hall–Kier alpha value is -0.660. The van der Waals surface area contributed by atoms with Gasteiger partial charge in [-0.25, -0.2) is 10.5 Å². The van der Waals surface area contributed by atoms with Crippen LogP contribution in [0.4, 0.5) is 5.13 Å². The number of hydrogen-bond donors (Lipinski definition) is 2. The van der Waals surface area contributed by atoms with E-state index in [-0.39, 0.29) is 11.9 Å². The van der Waals surface area contributed by atoms with Crippen molar-refractivity contribution in [2.45, 2.75) is 6.04 Å². The fourth-order valence-electron chi connectivity index (χ4n) is 0.920. The fourth-order valence-corrected chi connectivity index (χ4v) is 2.12. The van der Waals surface area contributed by atoms with Gasteiger partial charge in [-0.05, 0) is 15.9 Å². The van der Waals surface area contributed by atoms with Crippen LogP contribution in [0.5, 0.6) is 0 Å². The molecule has 2 heterocycles. The zero-order valence-electron chi connectivity index (χ0n) is 6.41. The molecule has 7 heteroatoms. The topological polar surface area (TPSA) is 63.2 Å². The van der Waals surface area contributed by atoms with Gasteiger partial charge in [0.15, 0.2) is 5.13 Å². The highest BCUT2D eigenvalue weighted by atomic mass is 79.9. The Bertz CT molecular complexity index is 329. The normalized spacial score (nSPS) is 21.6. The molecule has 0 aromatic carbocycles. The highest BCUT2D eigenvalue weighted by Gasteiger charge is 2.25. The highest BCUT2D eigenvalue weighted by Crippen LogP contribution is 2.20. The van der Waals surface area contributed by atoms with Crippen molar-refractivity contribution >= 4 is 38.3 Å². The molecule has 13 heavy (non-hydrogen) atoms. The van der Waals surface area contributed by atoms with Gasteiger partial charge in [0.1, 0.15) is 17.3 Å². The van der Waals surface area contributed by atoms with Crippen LogP contribution in [0.15, 0.2) is 9.98 Å². The van der Waals surface area contributed by atoms with E-state index in [1.807, 2.05) is 5.38 Å². The van der Waals surface area contributed by atoms with Crippen LogP contribution in [0.2, 0.25) is 0 Å². The van der Waals surface area contributed by atoms with Crippen molar-refractivity contribution < 1.29 is 9.63 Å². The first-order chi connectivity index (χ1) is 6.25. The molecule has 1 unspecified atom stereocenters. The van der Waals surface area contributed by atoms with Crippen LogP contribution in [-0.4, -0.2) is 23.5 Å². The first-order valence-electron chi connectivity index (χ1n) is 3.55. The molecule has 1 amide bonds. The molecule has 1 atom stereocenters. The number of nitrogens with one attached hydrogen (secondary N) is 2. The number of aromatic nitrogens is 1. The number of thiazole rings is 1. The van der Waals surface area contributed by atoms with Crippen LogP contribution in [0.1, 0.15) is 0 Å². The van der Waals surface area contributed by atoms with Crippen molar-refractivity contribution in [3.63, 3.8) is 0 Å². The monoisotopic (exact) mass is 263 g/mol. The van der Waals surface area contributed by atoms with Crippen LogP contribution >= 0.6 is 27.3 Å². The molecule has 5 nitrogen and oxygen atoms in total. The number of hydroxylamine groups is 1. The van der Waals surface area contributed by atoms with Crippen molar-refractivity contribution in [2.75, 3.05) is 11.9 Å². The Labute approximate surface area is 86.6 Å². The van der Waals surface area contributed by atoms with Crippen molar-refractivity contribution in [3.8, 4) is 0 Å². The maximum atomic E-state index is 11.1. The van der Waals surface area contributed by atoms with Gasteiger partial charge in [-0.2, -0.15) is 0 Å². The molecule has 2 rings (SSSR count). The predicted octanol–water partition coefficient (Wildman–Crippen LogP) is 0.747. The minimum atomic E-state index is -0.335. The minimum absolute atomic E-state index is 0.161. The lowest BCUT2D eigenvalue weighted by Gasteiger charge is -2.04. The van der Waals surface area contributed by atoms with E-state index in [0.717, 1.165) is 4.60 Å². The zero-order valence-corrected chi connectivity index (χ0v) is 8.81. The lowest BCUT2D eigenvalue weighted by Crippen LogP contribution is -2.30. The number of amides is 1. The van der Waals surface area contributed by atoms with Crippen LogP contribution < -0.4 is 10.8 Å². The molecule has 0 bridgehead atoms. The third-order valence-electron chi connectivity index (χ3n) is 1.51. The van der Waals surface area contributed by atoms with E-state index < -0.39 is 0 Å². The summed E-state index contributed by atoms with van der Waals surface area (Å²) in [6.07, 6.45) is 0. The summed E-state index contributed by atoms with van der Waals surface area (Å²) in [5.74, 6) is -0.161. The van der Waals surface area contributed by atoms with Gasteiger partial charge in [0.05, 0.1) is 0 Å². The Morgan fingerprint density at radius 2 is 2.69 bits per heavy atom. The SMILES string of the molecule is O=C1NOCC1Nc1nc(Br)cs1. The molecule has 0 saturated carbocycles. The van der Waals surface area contributed by atoms with Crippen molar-refractivity contribution in [1.82, 2.24) is 10.5 Å². The lowest BCUT2D eigenvalue weighted by molar-refractivity contribution is -0.124. The summed E-state index contributed by atoms with van der Waals surface area (Å²) < 4.78 is 0.763. The summed E-state index contributed by atoms with van der Waals surface area (Å²) in [4.78, 5) is 19.9. The van der Waals surface area contributed by atoms with E-state index in [2.05, 4.69) is 31.7 Å². The summed E-state index contributed by atoms with van der Waals surface area (Å²) in [5, 5.41) is 5.50. The Morgan fingerprint density at radius 3 is 3.23 bits per heavy atom. The third kappa shape index (κ3) is 1.98. The lowest BCUT2D eigenvalue weighted by atomic mass is 10.3. The van der Waals surface area contributed by atoms with Gasteiger partial charge in [0.2, 0.25) is 0 Å². The smallest absolute Gasteiger partial charge is 0.268 e. The van der Waals surface area contributed by atoms with Crippen molar-refractivity contribution in [2.24, 2.45) is 0 Å². The van der Waals surface area contributed by atoms with E-state index in [9.17, 15) is 4.79 Å². The fraction of sp³-hybridized carbons (Fsp3) is 0.333. The van der Waals surface area contributed by atoms with E-state index in [1.165, 1.54) is 11.3 Å². The molecular weight excluding hydrogens is 258 g/mol. The molecule has 70 valence electrons. The van der Waals surface area contributed by atoms with E-state index in [1.54, 1.807) is 0 Å². The minimum Gasteiger partial charge on any atom is -0.348 e. The molecule has 0 spiro atoms. The number of anilines is 1. The van der Waals surface area contributed by atoms with Crippen molar-refractivity contribution in [3.05, 3.63) is 9.98 Å². The van der Waals surface area contributed by atoms with Gasteiger partial charge >= 0.3 is 0 Å². The van der Waals surface area contributed by atoms with Crippen LogP contribution in [-0.2, 0) is 9.63 Å². The number of nitrogens with zero attached hydrogens (tertiary/aromatic N) is 1. The average molecular weight is 264 g/mol. The predicted molar refractivity (Wildman–Crippen MR) is 51.3 cm³/mol. The maximum absolute atomic E-state index is 11.1. The van der Waals surface area contributed by atoms with Gasteiger partial charge in [0, 0.05) is 5.38 Å². The van der Waals surface area contributed by atoms with Crippen molar-refractivity contribution in [1.29, 1.82) is 0 Å². The molecule has 1 fully saturated rings. The van der Waals surface area contributed by atoms with Gasteiger partial charge in [0.25, 0.3) is 5.91 Å². The van der Waals surface area contributed by atoms with E-state index in [4.69, 9.17) is 4.84 Å². The molecule has 1 aliphatic heterocycles. The number of hydrogen-bond acceptors (Lipinski definition) is 5. The van der Waals surface area contributed by atoms with Gasteiger partial charge in [-0.3, -0.25) is 9.63 Å². The Kier molecular flexibility index (Phi) is 2.47. The standard InChI is InChI=1S/C6H6BrN3O2S/c7-4-2-13-6(9-4)8-3-1-12-10-5(3)11/h2-3H,1H2,(H,8,9)(H,10,11). The quantitative estimate of drug-likeness (QED) is 0.827. The molecule has 1 aromatic heterocycles. The molecule has 1 saturated heterocycles. The van der Waals surface area contributed by atoms with Gasteiger partial charge < -0.3 is 5.32 Å². The summed E-state index contributed by atoms with van der Waals surface area (Å²) in [7, 11) is 0. The third-order valence-corrected chi connectivity index (χ3v) is 3.00. The molecule has 0 radical (unpaired) electrons. The second kappa shape index (κ2) is 3.60. The van der Waals surface area contributed by atoms with Crippen LogP contribution in [0, 0.1) is 0 Å². The summed E-state index contributed by atoms with van der Waals surface area (Å²) in [6, 6.07) is -0.335. The number of carbonyl (C=O) groups is 1. The number of rotatable bonds is 2. The summed E-state index contributed by atoms with van der Waals surface area (Å²) >= 11 is 4.66. The van der Waals surface area contributed by atoms with E-state index >= 15 is 0 Å². The van der Waals surface area contributed by atoms with Crippen LogP contribution in [0.25, 0.3) is 0 Å². The maximum Gasteiger partial charge on any atom is 0.268 e. The molecule has 1 aliphatic rings. The van der Waals surface area contributed by atoms with Gasteiger partial charge in [-0.15, -0.1) is 11.3 Å². The summed E-state index contributed by atoms with van der Waals surface area (Å²) in [5.41, 5.74) is 2.26. The zero-order chi connectivity index (χ0) is 9.26. The molecule has 1 aromatic rings. The first kappa shape index (κ1) is 8.92. The Balaban J connectivity index is 2.01. The highest BCUT2D eigenvalue weighted by molar-refractivity contribution is 9.10. The first-order valence-corrected chi connectivity index (χ1v) is 5.22. The number of halogens is 1. The summed E-state index contributed by atoms with van der Waals surface area (Å²) in [6.45, 7) is 0.329. The molecular formula is C6H6BrN3O2S. The number of carbonyl (C=O) groups excluding carboxylic acids is 1. The second-order valence-electron chi connectivity index (χ2n) is 2.45. The van der Waals surface area contributed by atoms with E-state index in [0.29, 0.717) is 11.7 Å². The second-order valence-corrected chi connectivity index (χ2v) is 4.12. The largest absolute Gasteiger partial charge is 0.348 e. The van der Waals surface area contributed by atoms with Gasteiger partial charge in [-0.1, -0.05) is 0 Å². The molecule has 2 N–H and O–H groups in total. The Morgan fingerprint density at radius 1 is 1.85 bits per heavy atom. The average Bonchev–Trinajstić information content (AvgIpc) is 2.64. The molecule has 0 aliphatic carbocycles.